The van der Waals surface area contributed by atoms with Crippen molar-refractivity contribution in [2.24, 2.45) is 0 Å². The third kappa shape index (κ3) is 4.47. The Balaban J connectivity index is 1.40. The Morgan fingerprint density at radius 1 is 1.26 bits per heavy atom. The number of hydrogen-bond acceptors (Lipinski definition) is 3. The van der Waals surface area contributed by atoms with Gasteiger partial charge in [-0.2, -0.15) is 0 Å². The van der Waals surface area contributed by atoms with Gasteiger partial charge in [-0.15, -0.1) is 0 Å². The fourth-order valence-electron chi connectivity index (χ4n) is 5.31. The van der Waals surface area contributed by atoms with Crippen LogP contribution in [0, 0.1) is 12.7 Å². The number of aromatic amines is 1. The quantitative estimate of drug-likeness (QED) is 0.782. The van der Waals surface area contributed by atoms with Gasteiger partial charge in [-0.3, -0.25) is 14.5 Å². The lowest BCUT2D eigenvalue weighted by Crippen LogP contribution is -2.58. The monoisotopic (exact) mass is 428 g/mol. The van der Waals surface area contributed by atoms with Gasteiger partial charge < -0.3 is 15.2 Å². The molecule has 3 atom stereocenters. The number of nitrogens with one attached hydrogen (secondary N) is 2. The molecule has 1 aliphatic heterocycles. The van der Waals surface area contributed by atoms with Crippen molar-refractivity contribution in [2.75, 3.05) is 19.6 Å². The van der Waals surface area contributed by atoms with Gasteiger partial charge in [0.1, 0.15) is 11.5 Å². The first kappa shape index (κ1) is 21.8. The first-order valence-electron chi connectivity index (χ1n) is 11.5. The van der Waals surface area contributed by atoms with Crippen molar-refractivity contribution >= 4 is 22.7 Å². The molecular formula is C24H33FN4O2. The van der Waals surface area contributed by atoms with Gasteiger partial charge >= 0.3 is 0 Å². The van der Waals surface area contributed by atoms with Gasteiger partial charge in [-0.05, 0) is 56.7 Å². The second-order valence-corrected chi connectivity index (χ2v) is 9.10. The van der Waals surface area contributed by atoms with Crippen molar-refractivity contribution in [2.45, 2.75) is 71.0 Å². The number of nitrogens with zero attached hydrogens (tertiary/aromatic N) is 2. The minimum atomic E-state index is -0.316. The molecule has 1 aromatic carbocycles. The Kier molecular flexibility index (Phi) is 6.32. The zero-order valence-corrected chi connectivity index (χ0v) is 18.7. The summed E-state index contributed by atoms with van der Waals surface area (Å²) in [4.78, 5) is 32.4. The minimum Gasteiger partial charge on any atom is -0.350 e. The molecule has 4 rings (SSSR count). The summed E-state index contributed by atoms with van der Waals surface area (Å²) in [6.45, 7) is 8.27. The lowest BCUT2D eigenvalue weighted by Gasteiger charge is -2.46. The Morgan fingerprint density at radius 3 is 2.77 bits per heavy atom. The van der Waals surface area contributed by atoms with Crippen molar-refractivity contribution in [3.05, 3.63) is 35.3 Å². The molecule has 1 saturated carbocycles. The maximum atomic E-state index is 14.1. The van der Waals surface area contributed by atoms with Crippen LogP contribution in [0.5, 0.6) is 0 Å². The highest BCUT2D eigenvalue weighted by Gasteiger charge is 2.34. The van der Waals surface area contributed by atoms with Crippen LogP contribution in [0.3, 0.4) is 0 Å². The van der Waals surface area contributed by atoms with Crippen LogP contribution in [0.25, 0.3) is 10.9 Å². The molecule has 2 fully saturated rings. The van der Waals surface area contributed by atoms with Gasteiger partial charge in [-0.25, -0.2) is 4.39 Å². The second-order valence-electron chi connectivity index (χ2n) is 9.10. The summed E-state index contributed by atoms with van der Waals surface area (Å²) in [5.41, 5.74) is 2.01. The van der Waals surface area contributed by atoms with Crippen molar-refractivity contribution in [1.82, 2.24) is 20.1 Å². The van der Waals surface area contributed by atoms with Gasteiger partial charge in [0, 0.05) is 50.1 Å². The van der Waals surface area contributed by atoms with Gasteiger partial charge in [0.05, 0.1) is 5.52 Å². The van der Waals surface area contributed by atoms with Crippen LogP contribution >= 0.6 is 0 Å². The van der Waals surface area contributed by atoms with Crippen LogP contribution in [0.15, 0.2) is 18.2 Å². The SMILES string of the molecule is CCC1CN([C@H]2CCC[C@@H](NC(=O)c3cc4c(F)ccc(C)c4[nH]3)C2)CCN1C(C)=O. The number of rotatable bonds is 4. The Bertz CT molecular complexity index is 933. The summed E-state index contributed by atoms with van der Waals surface area (Å²) in [6.07, 6.45) is 5.02. The van der Waals surface area contributed by atoms with E-state index in [0.717, 1.165) is 57.3 Å². The molecule has 2 heterocycles. The van der Waals surface area contributed by atoms with Crippen molar-refractivity contribution in [3.63, 3.8) is 0 Å². The number of fused-ring (bicyclic) bond motifs is 1. The smallest absolute Gasteiger partial charge is 0.267 e. The molecule has 0 bridgehead atoms. The molecule has 2 aromatic rings. The summed E-state index contributed by atoms with van der Waals surface area (Å²) in [5.74, 6) is -0.331. The molecule has 6 nitrogen and oxygen atoms in total. The highest BCUT2D eigenvalue weighted by atomic mass is 19.1. The number of amides is 2. The number of piperazine rings is 1. The molecule has 1 aromatic heterocycles. The molecule has 0 spiro atoms. The molecule has 2 amide bonds. The molecule has 7 heteroatoms. The minimum absolute atomic E-state index is 0.106. The number of aryl methyl sites for hydroxylation is 1. The zero-order chi connectivity index (χ0) is 22.1. The molecule has 0 radical (unpaired) electrons. The van der Waals surface area contributed by atoms with Gasteiger partial charge in [0.2, 0.25) is 5.91 Å². The lowest BCUT2D eigenvalue weighted by molar-refractivity contribution is -0.134. The lowest BCUT2D eigenvalue weighted by atomic mass is 9.89. The first-order chi connectivity index (χ1) is 14.9. The summed E-state index contributed by atoms with van der Waals surface area (Å²) >= 11 is 0. The summed E-state index contributed by atoms with van der Waals surface area (Å²) in [7, 11) is 0. The van der Waals surface area contributed by atoms with E-state index in [2.05, 4.69) is 22.1 Å². The summed E-state index contributed by atoms with van der Waals surface area (Å²) in [6, 6.07) is 5.57. The number of carbonyl (C=O) groups is 2. The van der Waals surface area contributed by atoms with E-state index in [0.29, 0.717) is 22.6 Å². The van der Waals surface area contributed by atoms with E-state index in [1.807, 2.05) is 11.8 Å². The first-order valence-corrected chi connectivity index (χ1v) is 11.5. The average Bonchev–Trinajstić information content (AvgIpc) is 3.23. The van der Waals surface area contributed by atoms with E-state index in [9.17, 15) is 14.0 Å². The Hall–Kier alpha value is -2.41. The maximum Gasteiger partial charge on any atom is 0.267 e. The van der Waals surface area contributed by atoms with Gasteiger partial charge in [0.25, 0.3) is 5.91 Å². The molecule has 1 saturated heterocycles. The number of H-pyrrole nitrogens is 1. The van der Waals surface area contributed by atoms with Gasteiger partial charge in [0.15, 0.2) is 0 Å². The van der Waals surface area contributed by atoms with E-state index >= 15 is 0 Å². The number of hydrogen-bond donors (Lipinski definition) is 2. The average molecular weight is 429 g/mol. The van der Waals surface area contributed by atoms with Crippen molar-refractivity contribution in [1.29, 1.82) is 0 Å². The van der Waals surface area contributed by atoms with Crippen LogP contribution in [0.1, 0.15) is 62.0 Å². The molecule has 2 N–H and O–H groups in total. The maximum absolute atomic E-state index is 14.1. The number of carbonyl (C=O) groups excluding carboxylic acids is 2. The number of halogens is 1. The predicted molar refractivity (Wildman–Crippen MR) is 120 cm³/mol. The van der Waals surface area contributed by atoms with Crippen LogP contribution in [0.2, 0.25) is 0 Å². The Morgan fingerprint density at radius 2 is 2.06 bits per heavy atom. The highest BCUT2D eigenvalue weighted by molar-refractivity contribution is 5.99. The predicted octanol–water partition coefficient (Wildman–Crippen LogP) is 3.60. The normalized spacial score (nSPS) is 25.0. The van der Waals surface area contributed by atoms with Crippen molar-refractivity contribution < 1.29 is 14.0 Å². The second kappa shape index (κ2) is 8.99. The third-order valence-corrected chi connectivity index (χ3v) is 7.08. The van der Waals surface area contributed by atoms with Crippen LogP contribution in [-0.4, -0.2) is 64.4 Å². The van der Waals surface area contributed by atoms with E-state index < -0.39 is 0 Å². The molecule has 1 unspecified atom stereocenters. The highest BCUT2D eigenvalue weighted by Crippen LogP contribution is 2.27. The number of benzene rings is 1. The number of aromatic nitrogens is 1. The van der Waals surface area contributed by atoms with E-state index in [1.54, 1.807) is 19.1 Å². The van der Waals surface area contributed by atoms with E-state index in [-0.39, 0.29) is 29.7 Å². The Labute approximate surface area is 183 Å². The summed E-state index contributed by atoms with van der Waals surface area (Å²) < 4.78 is 14.1. The zero-order valence-electron chi connectivity index (χ0n) is 18.7. The fraction of sp³-hybridized carbons (Fsp3) is 0.583. The molecule has 2 aliphatic rings. The topological polar surface area (TPSA) is 68.4 Å². The molecule has 31 heavy (non-hydrogen) atoms. The fourth-order valence-corrected chi connectivity index (χ4v) is 5.31. The largest absolute Gasteiger partial charge is 0.350 e. The summed E-state index contributed by atoms with van der Waals surface area (Å²) in [5, 5.41) is 3.63. The third-order valence-electron chi connectivity index (χ3n) is 7.08. The molecule has 1 aliphatic carbocycles. The van der Waals surface area contributed by atoms with E-state index in [1.165, 1.54) is 6.07 Å². The molecular weight excluding hydrogens is 395 g/mol. The van der Waals surface area contributed by atoms with Crippen LogP contribution in [-0.2, 0) is 4.79 Å². The van der Waals surface area contributed by atoms with Crippen LogP contribution in [0.4, 0.5) is 4.39 Å². The van der Waals surface area contributed by atoms with Crippen molar-refractivity contribution in [3.8, 4) is 0 Å². The van der Waals surface area contributed by atoms with Gasteiger partial charge in [-0.1, -0.05) is 13.0 Å². The standard InChI is InChI=1S/C24H33FN4O2/c1-4-18-14-28(10-11-29(18)16(3)30)19-7-5-6-17(12-19)26-24(31)22-13-20-21(25)9-8-15(2)23(20)27-22/h8-9,13,17-19,27H,4-7,10-12,14H2,1-3H3,(H,26,31)/t17-,18?,19+/m1/s1. The molecule has 168 valence electrons. The van der Waals surface area contributed by atoms with E-state index in [4.69, 9.17) is 0 Å². The van der Waals surface area contributed by atoms with Crippen LogP contribution < -0.4 is 5.32 Å².